The van der Waals surface area contributed by atoms with Crippen LogP contribution in [0.4, 0.5) is 5.69 Å². The molecule has 0 spiro atoms. The Bertz CT molecular complexity index is 1290. The number of fused-ring (bicyclic) bond motifs is 1. The normalized spacial score (nSPS) is 10.9. The van der Waals surface area contributed by atoms with Crippen LogP contribution in [0, 0.1) is 0 Å². The number of hydrogen-bond donors (Lipinski definition) is 1. The quantitative estimate of drug-likeness (QED) is 0.299. The molecule has 5 nitrogen and oxygen atoms in total. The number of carbonyl (C=O) groups excluding carboxylic acids is 1. The molecule has 0 aliphatic carbocycles. The zero-order valence-corrected chi connectivity index (χ0v) is 18.5. The van der Waals surface area contributed by atoms with Crippen LogP contribution in [0.15, 0.2) is 82.7 Å². The summed E-state index contributed by atoms with van der Waals surface area (Å²) in [5, 5.41) is 4.66. The maximum atomic E-state index is 13.1. The van der Waals surface area contributed by atoms with Gasteiger partial charge >= 0.3 is 0 Å². The molecule has 0 fully saturated rings. The third-order valence-corrected chi connectivity index (χ3v) is 5.90. The zero-order chi connectivity index (χ0) is 21.8. The van der Waals surface area contributed by atoms with Crippen molar-refractivity contribution in [3.63, 3.8) is 0 Å². The fourth-order valence-corrected chi connectivity index (χ4v) is 4.44. The molecular formula is C23H17Cl2N3O2S. The van der Waals surface area contributed by atoms with Gasteiger partial charge in [0.1, 0.15) is 0 Å². The molecule has 3 aromatic carbocycles. The average Bonchev–Trinajstić information content (AvgIpc) is 2.74. The lowest BCUT2D eigenvalue weighted by Gasteiger charge is -2.13. The summed E-state index contributed by atoms with van der Waals surface area (Å²) in [5.41, 5.74) is 1.94. The number of thioether (sulfide) groups is 1. The van der Waals surface area contributed by atoms with E-state index in [1.165, 1.54) is 11.8 Å². The Morgan fingerprint density at radius 1 is 0.968 bits per heavy atom. The summed E-state index contributed by atoms with van der Waals surface area (Å²) in [5.74, 6) is -0.180. The minimum Gasteiger partial charge on any atom is -0.325 e. The van der Waals surface area contributed by atoms with Gasteiger partial charge in [-0.25, -0.2) is 4.98 Å². The SMILES string of the molecule is O=C(CSc1nc2ccccc2c(=O)n1Cc1ccccc1)Nc1cc(Cl)cc(Cl)c1. The van der Waals surface area contributed by atoms with Gasteiger partial charge in [-0.15, -0.1) is 0 Å². The van der Waals surface area contributed by atoms with Crippen LogP contribution in [0.3, 0.4) is 0 Å². The molecule has 4 aromatic rings. The summed E-state index contributed by atoms with van der Waals surface area (Å²) < 4.78 is 1.60. The highest BCUT2D eigenvalue weighted by atomic mass is 35.5. The molecule has 0 radical (unpaired) electrons. The van der Waals surface area contributed by atoms with E-state index in [9.17, 15) is 9.59 Å². The monoisotopic (exact) mass is 469 g/mol. The third kappa shape index (κ3) is 5.28. The molecule has 0 saturated heterocycles. The summed E-state index contributed by atoms with van der Waals surface area (Å²) in [6.07, 6.45) is 0. The number of hydrogen-bond acceptors (Lipinski definition) is 4. The lowest BCUT2D eigenvalue weighted by Crippen LogP contribution is -2.24. The Hall–Kier alpha value is -2.80. The van der Waals surface area contributed by atoms with Gasteiger partial charge in [-0.3, -0.25) is 14.2 Å². The number of nitrogens with one attached hydrogen (secondary N) is 1. The van der Waals surface area contributed by atoms with E-state index < -0.39 is 0 Å². The highest BCUT2D eigenvalue weighted by Gasteiger charge is 2.14. The predicted molar refractivity (Wildman–Crippen MR) is 127 cm³/mol. The van der Waals surface area contributed by atoms with Crippen LogP contribution < -0.4 is 10.9 Å². The van der Waals surface area contributed by atoms with Gasteiger partial charge < -0.3 is 5.32 Å². The van der Waals surface area contributed by atoms with Gasteiger partial charge in [0.05, 0.1) is 23.2 Å². The third-order valence-electron chi connectivity index (χ3n) is 4.49. The second kappa shape index (κ2) is 9.56. The molecule has 31 heavy (non-hydrogen) atoms. The van der Waals surface area contributed by atoms with Crippen molar-refractivity contribution < 1.29 is 4.79 Å². The van der Waals surface area contributed by atoms with Gasteiger partial charge in [0, 0.05) is 15.7 Å². The van der Waals surface area contributed by atoms with Gasteiger partial charge in [0.15, 0.2) is 5.16 Å². The number of nitrogens with zero attached hydrogens (tertiary/aromatic N) is 2. The van der Waals surface area contributed by atoms with Crippen molar-refractivity contribution in [1.82, 2.24) is 9.55 Å². The molecule has 1 heterocycles. The Balaban J connectivity index is 1.60. The Kier molecular flexibility index (Phi) is 6.61. The Labute approximate surface area is 193 Å². The van der Waals surface area contributed by atoms with Crippen LogP contribution in [-0.4, -0.2) is 21.2 Å². The molecule has 0 unspecified atom stereocenters. The molecule has 1 aromatic heterocycles. The Morgan fingerprint density at radius 3 is 2.39 bits per heavy atom. The van der Waals surface area contributed by atoms with Gasteiger partial charge in [-0.2, -0.15) is 0 Å². The number of halogens is 2. The van der Waals surface area contributed by atoms with E-state index in [0.717, 1.165) is 5.56 Å². The standard InChI is InChI=1S/C23H17Cl2N3O2S/c24-16-10-17(25)12-18(11-16)26-21(29)14-31-23-27-20-9-5-4-8-19(20)22(30)28(23)13-15-6-2-1-3-7-15/h1-12H,13-14H2,(H,26,29). The van der Waals surface area contributed by atoms with Crippen LogP contribution in [0.25, 0.3) is 10.9 Å². The van der Waals surface area contributed by atoms with Crippen molar-refractivity contribution in [2.24, 2.45) is 0 Å². The van der Waals surface area contributed by atoms with E-state index in [-0.39, 0.29) is 17.2 Å². The molecule has 156 valence electrons. The van der Waals surface area contributed by atoms with Gasteiger partial charge in [-0.1, -0.05) is 77.4 Å². The number of para-hydroxylation sites is 1. The van der Waals surface area contributed by atoms with Gasteiger partial charge in [0.2, 0.25) is 5.91 Å². The molecule has 0 saturated carbocycles. The van der Waals surface area contributed by atoms with Crippen LogP contribution in [-0.2, 0) is 11.3 Å². The highest BCUT2D eigenvalue weighted by molar-refractivity contribution is 7.99. The summed E-state index contributed by atoms with van der Waals surface area (Å²) in [6, 6.07) is 21.7. The van der Waals surface area contributed by atoms with E-state index in [4.69, 9.17) is 23.2 Å². The molecule has 0 aliphatic heterocycles. The molecule has 1 N–H and O–H groups in total. The van der Waals surface area contributed by atoms with Crippen LogP contribution >= 0.6 is 35.0 Å². The molecule has 1 amide bonds. The topological polar surface area (TPSA) is 64.0 Å². The number of anilines is 1. The van der Waals surface area contributed by atoms with Crippen molar-refractivity contribution in [1.29, 1.82) is 0 Å². The molecule has 0 bridgehead atoms. The number of rotatable bonds is 6. The van der Waals surface area contributed by atoms with Crippen molar-refractivity contribution >= 4 is 57.5 Å². The second-order valence-electron chi connectivity index (χ2n) is 6.78. The van der Waals surface area contributed by atoms with E-state index in [1.54, 1.807) is 34.9 Å². The number of aromatic nitrogens is 2. The van der Waals surface area contributed by atoms with Crippen LogP contribution in [0.1, 0.15) is 5.56 Å². The van der Waals surface area contributed by atoms with Crippen LogP contribution in [0.5, 0.6) is 0 Å². The molecule has 0 aliphatic rings. The summed E-state index contributed by atoms with van der Waals surface area (Å²) in [7, 11) is 0. The zero-order valence-electron chi connectivity index (χ0n) is 16.2. The van der Waals surface area contributed by atoms with E-state index >= 15 is 0 Å². The molecule has 0 atom stereocenters. The average molecular weight is 470 g/mol. The van der Waals surface area contributed by atoms with E-state index in [0.29, 0.717) is 38.3 Å². The van der Waals surface area contributed by atoms with E-state index in [2.05, 4.69) is 10.3 Å². The summed E-state index contributed by atoms with van der Waals surface area (Å²) >= 11 is 13.2. The second-order valence-corrected chi connectivity index (χ2v) is 8.60. The number of amides is 1. The fraction of sp³-hybridized carbons (Fsp3) is 0.0870. The first kappa shape index (κ1) is 21.4. The minimum atomic E-state index is -0.253. The lowest BCUT2D eigenvalue weighted by molar-refractivity contribution is -0.113. The maximum Gasteiger partial charge on any atom is 0.262 e. The van der Waals surface area contributed by atoms with Crippen molar-refractivity contribution in [2.75, 3.05) is 11.1 Å². The van der Waals surface area contributed by atoms with Crippen molar-refractivity contribution in [2.45, 2.75) is 11.7 Å². The molecule has 4 rings (SSSR count). The first-order valence-electron chi connectivity index (χ1n) is 9.42. The molecular weight excluding hydrogens is 453 g/mol. The smallest absolute Gasteiger partial charge is 0.262 e. The first-order chi connectivity index (χ1) is 15.0. The van der Waals surface area contributed by atoms with Gasteiger partial charge in [0.25, 0.3) is 5.56 Å². The minimum absolute atomic E-state index is 0.0731. The van der Waals surface area contributed by atoms with Crippen LogP contribution in [0.2, 0.25) is 10.0 Å². The number of carbonyl (C=O) groups is 1. The summed E-state index contributed by atoms with van der Waals surface area (Å²) in [4.78, 5) is 30.3. The lowest BCUT2D eigenvalue weighted by atomic mass is 10.2. The Morgan fingerprint density at radius 2 is 1.65 bits per heavy atom. The first-order valence-corrected chi connectivity index (χ1v) is 11.2. The highest BCUT2D eigenvalue weighted by Crippen LogP contribution is 2.23. The van der Waals surface area contributed by atoms with E-state index in [1.807, 2.05) is 42.5 Å². The maximum absolute atomic E-state index is 13.1. The predicted octanol–water partition coefficient (Wildman–Crippen LogP) is 5.48. The van der Waals surface area contributed by atoms with Gasteiger partial charge in [-0.05, 0) is 35.9 Å². The largest absolute Gasteiger partial charge is 0.325 e. The summed E-state index contributed by atoms with van der Waals surface area (Å²) in [6.45, 7) is 0.366. The fourth-order valence-electron chi connectivity index (χ4n) is 3.12. The molecule has 8 heteroatoms. The number of benzene rings is 3. The van der Waals surface area contributed by atoms with Crippen molar-refractivity contribution in [3.8, 4) is 0 Å². The van der Waals surface area contributed by atoms with Crippen molar-refractivity contribution in [3.05, 3.63) is 98.8 Å².